The zero-order valence-corrected chi connectivity index (χ0v) is 13.6. The van der Waals surface area contributed by atoms with Gasteiger partial charge in [0.1, 0.15) is 0 Å². The Morgan fingerprint density at radius 3 is 2.89 bits per heavy atom. The molecule has 1 aliphatic rings. The van der Waals surface area contributed by atoms with Crippen LogP contribution >= 0.6 is 39.7 Å². The Hall–Kier alpha value is -0.550. The first-order valence-corrected chi connectivity index (χ1v) is 7.73. The molecular weight excluding hydrogens is 344 g/mol. The predicted octanol–water partition coefficient (Wildman–Crippen LogP) is 4.19. The van der Waals surface area contributed by atoms with Crippen LogP contribution in [0, 0.1) is 0 Å². The number of nitrogens with one attached hydrogen (secondary N) is 2. The molecule has 1 aliphatic heterocycles. The smallest absolute Gasteiger partial charge is 0.0701 e. The molecule has 0 unspecified atom stereocenters. The minimum Gasteiger partial charge on any atom is -0.384 e. The third-order valence-electron chi connectivity index (χ3n) is 3.18. The highest BCUT2D eigenvalue weighted by atomic mass is 79.9. The lowest BCUT2D eigenvalue weighted by molar-refractivity contribution is 0.702. The van der Waals surface area contributed by atoms with Gasteiger partial charge in [-0.3, -0.25) is 0 Å². The van der Waals surface area contributed by atoms with E-state index in [9.17, 15) is 0 Å². The number of anilines is 1. The number of halogens is 2. The first kappa shape index (κ1) is 14.9. The van der Waals surface area contributed by atoms with Crippen molar-refractivity contribution in [3.05, 3.63) is 50.1 Å². The van der Waals surface area contributed by atoms with Crippen LogP contribution in [-0.2, 0) is 19.5 Å². The van der Waals surface area contributed by atoms with Crippen molar-refractivity contribution in [2.75, 3.05) is 11.9 Å². The van der Waals surface area contributed by atoms with Crippen molar-refractivity contribution >= 4 is 45.4 Å². The number of rotatable bonds is 4. The van der Waals surface area contributed by atoms with Gasteiger partial charge in [0.2, 0.25) is 0 Å². The number of thiophene rings is 1. The van der Waals surface area contributed by atoms with E-state index in [-0.39, 0.29) is 12.4 Å². The molecule has 1 aromatic heterocycles. The van der Waals surface area contributed by atoms with Crippen molar-refractivity contribution < 1.29 is 0 Å². The Morgan fingerprint density at radius 1 is 1.21 bits per heavy atom. The van der Waals surface area contributed by atoms with Crippen molar-refractivity contribution in [1.82, 2.24) is 5.32 Å². The van der Waals surface area contributed by atoms with Crippen molar-refractivity contribution in [2.24, 2.45) is 0 Å². The van der Waals surface area contributed by atoms with Crippen molar-refractivity contribution in [2.45, 2.75) is 19.5 Å². The van der Waals surface area contributed by atoms with Crippen LogP contribution in [0.3, 0.4) is 0 Å². The zero-order chi connectivity index (χ0) is 12.4. The largest absolute Gasteiger partial charge is 0.384 e. The van der Waals surface area contributed by atoms with Gasteiger partial charge in [-0.15, -0.1) is 23.7 Å². The maximum absolute atomic E-state index is 3.51. The van der Waals surface area contributed by atoms with Gasteiger partial charge in [0.15, 0.2) is 0 Å². The minimum absolute atomic E-state index is 0. The van der Waals surface area contributed by atoms with E-state index in [4.69, 9.17) is 0 Å². The van der Waals surface area contributed by atoms with Gasteiger partial charge in [-0.1, -0.05) is 18.2 Å². The summed E-state index contributed by atoms with van der Waals surface area (Å²) in [7, 11) is 0. The fraction of sp³-hybridized carbons (Fsp3) is 0.286. The molecule has 102 valence electrons. The second-order valence-corrected chi connectivity index (χ2v) is 6.98. The third kappa shape index (κ3) is 3.51. The summed E-state index contributed by atoms with van der Waals surface area (Å²) in [5.41, 5.74) is 4.17. The van der Waals surface area contributed by atoms with Gasteiger partial charge in [-0.2, -0.15) is 0 Å². The molecule has 0 spiro atoms. The molecule has 0 aliphatic carbocycles. The molecule has 2 nitrogen and oxygen atoms in total. The summed E-state index contributed by atoms with van der Waals surface area (Å²) in [6.07, 6.45) is 1.15. The topological polar surface area (TPSA) is 24.1 Å². The average molecular weight is 360 g/mol. The predicted molar refractivity (Wildman–Crippen MR) is 88.4 cm³/mol. The number of benzene rings is 1. The maximum atomic E-state index is 3.51. The molecule has 0 radical (unpaired) electrons. The number of para-hydroxylation sites is 1. The Kier molecular flexibility index (Phi) is 5.28. The standard InChI is InChI=1S/C14H15BrN2S.ClH/c15-13-5-4-12(18-13)9-16-8-11-3-1-2-10-6-7-17-14(10)11;/h1-5,16-17H,6-9H2;1H. The Morgan fingerprint density at radius 2 is 2.11 bits per heavy atom. The molecule has 1 aromatic carbocycles. The van der Waals surface area contributed by atoms with Crippen LogP contribution in [0.5, 0.6) is 0 Å². The lowest BCUT2D eigenvalue weighted by Gasteiger charge is -2.09. The number of hydrogen-bond donors (Lipinski definition) is 2. The van der Waals surface area contributed by atoms with E-state index in [0.717, 1.165) is 26.1 Å². The molecule has 2 N–H and O–H groups in total. The fourth-order valence-electron chi connectivity index (χ4n) is 2.33. The van der Waals surface area contributed by atoms with Crippen molar-refractivity contribution in [1.29, 1.82) is 0 Å². The molecule has 5 heteroatoms. The van der Waals surface area contributed by atoms with Crippen LogP contribution in [0.1, 0.15) is 16.0 Å². The van der Waals surface area contributed by atoms with Gasteiger partial charge < -0.3 is 10.6 Å². The zero-order valence-electron chi connectivity index (χ0n) is 10.4. The highest BCUT2D eigenvalue weighted by molar-refractivity contribution is 9.11. The third-order valence-corrected chi connectivity index (χ3v) is 4.80. The maximum Gasteiger partial charge on any atom is 0.0701 e. The van der Waals surface area contributed by atoms with Crippen molar-refractivity contribution in [3.63, 3.8) is 0 Å². The van der Waals surface area contributed by atoms with Crippen LogP contribution in [-0.4, -0.2) is 6.54 Å². The second kappa shape index (κ2) is 6.75. The monoisotopic (exact) mass is 358 g/mol. The van der Waals surface area contributed by atoms with Crippen LogP contribution < -0.4 is 10.6 Å². The van der Waals surface area contributed by atoms with Gasteiger partial charge in [-0.25, -0.2) is 0 Å². The molecule has 0 amide bonds. The summed E-state index contributed by atoms with van der Waals surface area (Å²) in [5, 5.41) is 6.99. The van der Waals surface area contributed by atoms with E-state index >= 15 is 0 Å². The molecule has 0 saturated heterocycles. The molecule has 2 aromatic rings. The van der Waals surface area contributed by atoms with Crippen LogP contribution in [0.2, 0.25) is 0 Å². The highest BCUT2D eigenvalue weighted by Crippen LogP contribution is 2.26. The molecule has 2 heterocycles. The molecule has 0 bridgehead atoms. The fourth-order valence-corrected chi connectivity index (χ4v) is 3.78. The van der Waals surface area contributed by atoms with Crippen LogP contribution in [0.25, 0.3) is 0 Å². The molecule has 0 fully saturated rings. The molecular formula is C14H16BrClN2S. The van der Waals surface area contributed by atoms with E-state index in [1.807, 2.05) is 0 Å². The highest BCUT2D eigenvalue weighted by Gasteiger charge is 2.12. The average Bonchev–Trinajstić information content (AvgIpc) is 2.98. The second-order valence-electron chi connectivity index (χ2n) is 4.44. The van der Waals surface area contributed by atoms with E-state index in [2.05, 4.69) is 56.9 Å². The van der Waals surface area contributed by atoms with E-state index in [1.165, 1.54) is 25.5 Å². The van der Waals surface area contributed by atoms with Gasteiger partial charge >= 0.3 is 0 Å². The lowest BCUT2D eigenvalue weighted by Crippen LogP contribution is -2.12. The summed E-state index contributed by atoms with van der Waals surface area (Å²) in [6.45, 7) is 2.93. The summed E-state index contributed by atoms with van der Waals surface area (Å²) >= 11 is 5.28. The van der Waals surface area contributed by atoms with Gasteiger partial charge in [-0.05, 0) is 45.6 Å². The van der Waals surface area contributed by atoms with E-state index < -0.39 is 0 Å². The first-order chi connectivity index (χ1) is 8.83. The van der Waals surface area contributed by atoms with Gasteiger partial charge in [0.05, 0.1) is 3.79 Å². The van der Waals surface area contributed by atoms with E-state index in [1.54, 1.807) is 11.3 Å². The first-order valence-electron chi connectivity index (χ1n) is 6.12. The Labute approximate surface area is 132 Å². The molecule has 0 saturated carbocycles. The van der Waals surface area contributed by atoms with E-state index in [0.29, 0.717) is 0 Å². The molecule has 0 atom stereocenters. The Bertz CT molecular complexity index is 556. The molecule has 3 rings (SSSR count). The summed E-state index contributed by atoms with van der Waals surface area (Å²) in [6, 6.07) is 10.8. The number of hydrogen-bond acceptors (Lipinski definition) is 3. The molecule has 19 heavy (non-hydrogen) atoms. The van der Waals surface area contributed by atoms with Gasteiger partial charge in [0, 0.05) is 30.2 Å². The van der Waals surface area contributed by atoms with Crippen molar-refractivity contribution in [3.8, 4) is 0 Å². The summed E-state index contributed by atoms with van der Waals surface area (Å²) in [5.74, 6) is 0. The summed E-state index contributed by atoms with van der Waals surface area (Å²) < 4.78 is 1.20. The normalized spacial score (nSPS) is 12.7. The number of fused-ring (bicyclic) bond motifs is 1. The lowest BCUT2D eigenvalue weighted by atomic mass is 10.1. The summed E-state index contributed by atoms with van der Waals surface area (Å²) in [4.78, 5) is 1.36. The van der Waals surface area contributed by atoms with Crippen LogP contribution in [0.4, 0.5) is 5.69 Å². The minimum atomic E-state index is 0. The Balaban J connectivity index is 0.00000133. The quantitative estimate of drug-likeness (QED) is 0.855. The van der Waals surface area contributed by atoms with Crippen LogP contribution in [0.15, 0.2) is 34.1 Å². The van der Waals surface area contributed by atoms with Gasteiger partial charge in [0.25, 0.3) is 0 Å². The SMILES string of the molecule is Brc1ccc(CNCc2cccc3c2NCC3)s1.Cl.